The van der Waals surface area contributed by atoms with Gasteiger partial charge in [0, 0.05) is 21.8 Å². The molecule has 0 bridgehead atoms. The average Bonchev–Trinajstić information content (AvgIpc) is 3.05. The van der Waals surface area contributed by atoms with Gasteiger partial charge in [0.25, 0.3) is 5.91 Å². The van der Waals surface area contributed by atoms with Crippen LogP contribution in [0, 0.1) is 19.7 Å². The van der Waals surface area contributed by atoms with Crippen molar-refractivity contribution in [3.8, 4) is 5.75 Å². The largest absolute Gasteiger partial charge is 0.497 e. The fourth-order valence-corrected chi connectivity index (χ4v) is 4.02. The normalized spacial score (nSPS) is 10.9. The second kappa shape index (κ2) is 9.08. The van der Waals surface area contributed by atoms with Crippen molar-refractivity contribution < 1.29 is 18.7 Å². The van der Waals surface area contributed by atoms with Crippen LogP contribution in [0.3, 0.4) is 0 Å². The van der Waals surface area contributed by atoms with E-state index in [1.165, 1.54) is 16.7 Å². The molecule has 0 unspecified atom stereocenters. The zero-order valence-corrected chi connectivity index (χ0v) is 19.2. The number of aromatic nitrogens is 1. The number of benzene rings is 3. The van der Waals surface area contributed by atoms with Gasteiger partial charge in [-0.2, -0.15) is 0 Å². The molecular weight excluding hydrogens is 443 g/mol. The minimum Gasteiger partial charge on any atom is -0.497 e. The van der Waals surface area contributed by atoms with E-state index in [1.54, 1.807) is 32.2 Å². The van der Waals surface area contributed by atoms with Gasteiger partial charge < -0.3 is 10.1 Å². The molecule has 0 spiro atoms. The number of methoxy groups -OCH3 is 1. The number of anilines is 1. The van der Waals surface area contributed by atoms with Crippen molar-refractivity contribution in [1.82, 2.24) is 4.57 Å². The van der Waals surface area contributed by atoms with Crippen LogP contribution in [0.15, 0.2) is 60.7 Å². The van der Waals surface area contributed by atoms with E-state index in [-0.39, 0.29) is 22.9 Å². The lowest BCUT2D eigenvalue weighted by Gasteiger charge is -2.09. The molecule has 0 aliphatic rings. The van der Waals surface area contributed by atoms with Crippen LogP contribution in [0.2, 0.25) is 5.02 Å². The molecule has 1 heterocycles. The number of hydrogen-bond acceptors (Lipinski definition) is 3. The second-order valence-electron chi connectivity index (χ2n) is 7.80. The first-order valence-electron chi connectivity index (χ1n) is 10.3. The summed E-state index contributed by atoms with van der Waals surface area (Å²) in [5, 5.41) is 3.78. The van der Waals surface area contributed by atoms with Gasteiger partial charge in [-0.15, -0.1) is 0 Å². The highest BCUT2D eigenvalue weighted by Crippen LogP contribution is 2.31. The maximum Gasteiger partial charge on any atom is 0.265 e. The lowest BCUT2D eigenvalue weighted by Crippen LogP contribution is -2.17. The number of amides is 1. The molecule has 0 aliphatic carbocycles. The lowest BCUT2D eigenvalue weighted by molar-refractivity contribution is -0.115. The summed E-state index contributed by atoms with van der Waals surface area (Å²) in [7, 11) is 1.54. The Hall–Kier alpha value is -3.64. The Balaban J connectivity index is 1.77. The van der Waals surface area contributed by atoms with Gasteiger partial charge in [-0.1, -0.05) is 29.3 Å². The third kappa shape index (κ3) is 4.47. The predicted molar refractivity (Wildman–Crippen MR) is 128 cm³/mol. The van der Waals surface area contributed by atoms with Gasteiger partial charge in [0.15, 0.2) is 0 Å². The van der Waals surface area contributed by atoms with Crippen LogP contribution in [0.25, 0.3) is 10.9 Å². The van der Waals surface area contributed by atoms with E-state index in [1.807, 2.05) is 31.2 Å². The van der Waals surface area contributed by atoms with E-state index >= 15 is 0 Å². The molecule has 1 N–H and O–H groups in total. The minimum atomic E-state index is -0.707. The van der Waals surface area contributed by atoms with Gasteiger partial charge in [0.05, 0.1) is 24.6 Å². The van der Waals surface area contributed by atoms with E-state index in [0.29, 0.717) is 33.6 Å². The molecule has 0 radical (unpaired) electrons. The molecule has 1 amide bonds. The Bertz CT molecular complexity index is 1380. The maximum absolute atomic E-state index is 14.5. The van der Waals surface area contributed by atoms with Crippen LogP contribution < -0.4 is 10.1 Å². The third-order valence-corrected chi connectivity index (χ3v) is 5.81. The number of carbonyl (C=O) groups excluding carboxylic acids is 2. The lowest BCUT2D eigenvalue weighted by atomic mass is 10.1. The van der Waals surface area contributed by atoms with E-state index < -0.39 is 11.7 Å². The van der Waals surface area contributed by atoms with Crippen LogP contribution in [0.4, 0.5) is 10.1 Å². The summed E-state index contributed by atoms with van der Waals surface area (Å²) in [6.07, 6.45) is 0.0345. The van der Waals surface area contributed by atoms with E-state index in [9.17, 15) is 14.0 Å². The summed E-state index contributed by atoms with van der Waals surface area (Å²) >= 11 is 5.85. The Morgan fingerprint density at radius 1 is 1.03 bits per heavy atom. The molecule has 4 rings (SSSR count). The molecule has 33 heavy (non-hydrogen) atoms. The highest BCUT2D eigenvalue weighted by molar-refractivity contribution is 6.30. The SMILES string of the molecule is COc1ccc2c(c1)c(CC(=O)Nc1ccc(C)cc1)c(C)n2C(=O)c1ccc(Cl)cc1F. The predicted octanol–water partition coefficient (Wildman–Crippen LogP) is 5.93. The smallest absolute Gasteiger partial charge is 0.265 e. The first kappa shape index (κ1) is 22.6. The monoisotopic (exact) mass is 464 g/mol. The van der Waals surface area contributed by atoms with Gasteiger partial charge in [-0.05, 0) is 67.9 Å². The molecule has 168 valence electrons. The standard InChI is InChI=1S/C26H22ClFN2O3/c1-15-4-7-18(8-5-15)29-25(31)14-21-16(2)30(24-11-9-19(33-3)13-22(21)24)26(32)20-10-6-17(27)12-23(20)28/h4-13H,14H2,1-3H3,(H,29,31). The number of hydrogen-bond donors (Lipinski definition) is 1. The van der Waals surface area contributed by atoms with Gasteiger partial charge in [0.1, 0.15) is 11.6 Å². The van der Waals surface area contributed by atoms with Crippen molar-refractivity contribution in [2.24, 2.45) is 0 Å². The first-order valence-corrected chi connectivity index (χ1v) is 10.7. The fourth-order valence-electron chi connectivity index (χ4n) is 3.86. The van der Waals surface area contributed by atoms with E-state index in [0.717, 1.165) is 11.6 Å². The average molecular weight is 465 g/mol. The molecular formula is C26H22ClFN2O3. The van der Waals surface area contributed by atoms with E-state index in [4.69, 9.17) is 16.3 Å². The van der Waals surface area contributed by atoms with Crippen LogP contribution in [0.1, 0.15) is 27.2 Å². The van der Waals surface area contributed by atoms with Crippen molar-refractivity contribution in [1.29, 1.82) is 0 Å². The number of ether oxygens (including phenoxy) is 1. The van der Waals surface area contributed by atoms with Crippen molar-refractivity contribution in [2.45, 2.75) is 20.3 Å². The minimum absolute atomic E-state index is 0.0345. The van der Waals surface area contributed by atoms with Crippen LogP contribution in [-0.4, -0.2) is 23.5 Å². The molecule has 4 aromatic rings. The summed E-state index contributed by atoms with van der Waals surface area (Å²) in [6, 6.07) is 16.7. The van der Waals surface area contributed by atoms with E-state index in [2.05, 4.69) is 5.32 Å². The molecule has 5 nitrogen and oxygen atoms in total. The van der Waals surface area contributed by atoms with Gasteiger partial charge in [-0.3, -0.25) is 14.2 Å². The Morgan fingerprint density at radius 2 is 1.76 bits per heavy atom. The summed E-state index contributed by atoms with van der Waals surface area (Å²) in [4.78, 5) is 26.2. The number of halogens is 2. The third-order valence-electron chi connectivity index (χ3n) is 5.58. The van der Waals surface area contributed by atoms with Crippen LogP contribution in [0.5, 0.6) is 5.75 Å². The number of nitrogens with zero attached hydrogens (tertiary/aromatic N) is 1. The fraction of sp³-hybridized carbons (Fsp3) is 0.154. The molecule has 3 aromatic carbocycles. The van der Waals surface area contributed by atoms with Crippen LogP contribution >= 0.6 is 11.6 Å². The van der Waals surface area contributed by atoms with Crippen LogP contribution in [-0.2, 0) is 11.2 Å². The number of aryl methyl sites for hydroxylation is 1. The molecule has 0 saturated heterocycles. The van der Waals surface area contributed by atoms with Gasteiger partial charge in [-0.25, -0.2) is 4.39 Å². The summed E-state index contributed by atoms with van der Waals surface area (Å²) in [5.41, 5.74) is 3.44. The second-order valence-corrected chi connectivity index (χ2v) is 8.24. The quantitative estimate of drug-likeness (QED) is 0.398. The molecule has 0 saturated carbocycles. The number of nitrogens with one attached hydrogen (secondary N) is 1. The molecule has 0 aliphatic heterocycles. The molecule has 7 heteroatoms. The van der Waals surface area contributed by atoms with Crippen molar-refractivity contribution >= 4 is 40.0 Å². The zero-order chi connectivity index (χ0) is 23.7. The number of rotatable bonds is 5. The summed E-state index contributed by atoms with van der Waals surface area (Å²) < 4.78 is 21.3. The molecule has 1 aromatic heterocycles. The molecule has 0 fully saturated rings. The Kier molecular flexibility index (Phi) is 6.20. The summed E-state index contributed by atoms with van der Waals surface area (Å²) in [5.74, 6) is -0.887. The van der Waals surface area contributed by atoms with Gasteiger partial charge >= 0.3 is 0 Å². The number of carbonyl (C=O) groups is 2. The topological polar surface area (TPSA) is 60.3 Å². The highest BCUT2D eigenvalue weighted by Gasteiger charge is 2.23. The Morgan fingerprint density at radius 3 is 2.42 bits per heavy atom. The van der Waals surface area contributed by atoms with Gasteiger partial charge in [0.2, 0.25) is 5.91 Å². The molecule has 0 atom stereocenters. The zero-order valence-electron chi connectivity index (χ0n) is 18.4. The number of fused-ring (bicyclic) bond motifs is 1. The Labute approximate surface area is 195 Å². The van der Waals surface area contributed by atoms with Crippen molar-refractivity contribution in [3.63, 3.8) is 0 Å². The maximum atomic E-state index is 14.5. The highest BCUT2D eigenvalue weighted by atomic mass is 35.5. The first-order chi connectivity index (χ1) is 15.8. The van der Waals surface area contributed by atoms with Crippen molar-refractivity contribution in [2.75, 3.05) is 12.4 Å². The van der Waals surface area contributed by atoms with Crippen molar-refractivity contribution in [3.05, 3.63) is 93.9 Å². The summed E-state index contributed by atoms with van der Waals surface area (Å²) in [6.45, 7) is 3.71.